The maximum Gasteiger partial charge on any atom is 0.253 e. The molecule has 1 N–H and O–H groups in total. The minimum Gasteiger partial charge on any atom is -0.351 e. The third-order valence-electron chi connectivity index (χ3n) is 3.29. The van der Waals surface area contributed by atoms with Crippen LogP contribution < -0.4 is 5.32 Å². The minimum atomic E-state index is -0.0617. The number of hydrogen-bond acceptors (Lipinski definition) is 3. The number of carbonyl (C=O) groups excluding carboxylic acids is 2. The molecule has 6 heteroatoms. The fourth-order valence-electron chi connectivity index (χ4n) is 1.98. The first-order chi connectivity index (χ1) is 11.5. The van der Waals surface area contributed by atoms with Crippen molar-refractivity contribution in [3.63, 3.8) is 0 Å². The van der Waals surface area contributed by atoms with Crippen molar-refractivity contribution in [3.8, 4) is 0 Å². The molecule has 2 amide bonds. The molecular formula is C18H19ClN2O2S. The molecule has 24 heavy (non-hydrogen) atoms. The average Bonchev–Trinajstić information content (AvgIpc) is 2.59. The summed E-state index contributed by atoms with van der Waals surface area (Å²) in [6.45, 7) is 0.429. The monoisotopic (exact) mass is 362 g/mol. The van der Waals surface area contributed by atoms with Gasteiger partial charge in [0.1, 0.15) is 0 Å². The molecule has 0 aliphatic carbocycles. The van der Waals surface area contributed by atoms with Crippen molar-refractivity contribution >= 4 is 35.2 Å². The van der Waals surface area contributed by atoms with E-state index >= 15 is 0 Å². The molecule has 0 atom stereocenters. The average molecular weight is 363 g/mol. The Balaban J connectivity index is 1.81. The van der Waals surface area contributed by atoms with E-state index in [-0.39, 0.29) is 11.8 Å². The number of benzene rings is 2. The number of hydrogen-bond donors (Lipinski definition) is 1. The van der Waals surface area contributed by atoms with Crippen molar-refractivity contribution < 1.29 is 9.59 Å². The predicted octanol–water partition coefficient (Wildman–Crippen LogP) is 3.45. The van der Waals surface area contributed by atoms with E-state index in [2.05, 4.69) is 5.32 Å². The second kappa shape index (κ2) is 8.76. The van der Waals surface area contributed by atoms with E-state index in [1.807, 2.05) is 30.3 Å². The highest BCUT2D eigenvalue weighted by atomic mass is 35.5. The molecule has 0 radical (unpaired) electrons. The van der Waals surface area contributed by atoms with Gasteiger partial charge >= 0.3 is 0 Å². The van der Waals surface area contributed by atoms with E-state index in [1.54, 1.807) is 32.3 Å². The van der Waals surface area contributed by atoms with Gasteiger partial charge in [-0.15, -0.1) is 11.8 Å². The lowest BCUT2D eigenvalue weighted by Gasteiger charge is -2.11. The Morgan fingerprint density at radius 1 is 1.08 bits per heavy atom. The van der Waals surface area contributed by atoms with E-state index in [9.17, 15) is 9.59 Å². The van der Waals surface area contributed by atoms with Gasteiger partial charge in [-0.3, -0.25) is 9.59 Å². The van der Waals surface area contributed by atoms with Gasteiger partial charge in [0.15, 0.2) is 0 Å². The van der Waals surface area contributed by atoms with Crippen molar-refractivity contribution in [2.75, 3.05) is 19.8 Å². The summed E-state index contributed by atoms with van der Waals surface area (Å²) < 4.78 is 0. The van der Waals surface area contributed by atoms with Crippen LogP contribution >= 0.6 is 23.4 Å². The largest absolute Gasteiger partial charge is 0.351 e. The fraction of sp³-hybridized carbons (Fsp3) is 0.222. The molecule has 0 spiro atoms. The summed E-state index contributed by atoms with van der Waals surface area (Å²) in [5.74, 6) is 0.205. The highest BCUT2D eigenvalue weighted by molar-refractivity contribution is 8.00. The lowest BCUT2D eigenvalue weighted by molar-refractivity contribution is -0.118. The Morgan fingerprint density at radius 3 is 2.38 bits per heavy atom. The van der Waals surface area contributed by atoms with Crippen LogP contribution in [0.15, 0.2) is 53.4 Å². The number of carbonyl (C=O) groups is 2. The number of halogens is 1. The van der Waals surface area contributed by atoms with Gasteiger partial charge in [-0.2, -0.15) is 0 Å². The van der Waals surface area contributed by atoms with Gasteiger partial charge in [-0.05, 0) is 29.8 Å². The fourth-order valence-corrected chi connectivity index (χ4v) is 3.05. The highest BCUT2D eigenvalue weighted by Gasteiger charge is 2.08. The van der Waals surface area contributed by atoms with Crippen LogP contribution in [0.25, 0.3) is 0 Å². The van der Waals surface area contributed by atoms with Crippen LogP contribution in [0, 0.1) is 0 Å². The molecule has 0 bridgehead atoms. The third kappa shape index (κ3) is 5.28. The van der Waals surface area contributed by atoms with Crippen LogP contribution in [-0.4, -0.2) is 36.6 Å². The lowest BCUT2D eigenvalue weighted by atomic mass is 10.1. The van der Waals surface area contributed by atoms with Gasteiger partial charge in [0.05, 0.1) is 10.8 Å². The van der Waals surface area contributed by atoms with Crippen LogP contribution in [0.1, 0.15) is 15.9 Å². The summed E-state index contributed by atoms with van der Waals surface area (Å²) in [6.07, 6.45) is 0. The Labute approximate surface area is 151 Å². The quantitative estimate of drug-likeness (QED) is 0.801. The van der Waals surface area contributed by atoms with Crippen molar-refractivity contribution in [1.29, 1.82) is 0 Å². The molecule has 0 fully saturated rings. The minimum absolute atomic E-state index is 0.0401. The number of amides is 2. The molecule has 2 aromatic rings. The molecule has 0 aliphatic rings. The zero-order chi connectivity index (χ0) is 17.5. The number of thioether (sulfide) groups is 1. The van der Waals surface area contributed by atoms with Crippen LogP contribution in [-0.2, 0) is 11.3 Å². The topological polar surface area (TPSA) is 49.4 Å². The molecule has 0 aromatic heterocycles. The number of rotatable bonds is 6. The maximum absolute atomic E-state index is 11.9. The third-order valence-corrected chi connectivity index (χ3v) is 4.81. The first-order valence-corrected chi connectivity index (χ1v) is 8.78. The van der Waals surface area contributed by atoms with Crippen LogP contribution in [0.4, 0.5) is 0 Å². The zero-order valence-electron chi connectivity index (χ0n) is 13.6. The molecule has 4 nitrogen and oxygen atoms in total. The number of nitrogens with zero attached hydrogens (tertiary/aromatic N) is 1. The molecule has 0 aliphatic heterocycles. The lowest BCUT2D eigenvalue weighted by Crippen LogP contribution is -2.25. The summed E-state index contributed by atoms with van der Waals surface area (Å²) in [5, 5.41) is 3.51. The van der Waals surface area contributed by atoms with Gasteiger partial charge in [0, 0.05) is 31.1 Å². The summed E-state index contributed by atoms with van der Waals surface area (Å²) >= 11 is 7.47. The van der Waals surface area contributed by atoms with Crippen molar-refractivity contribution in [2.45, 2.75) is 11.4 Å². The van der Waals surface area contributed by atoms with Gasteiger partial charge in [0.2, 0.25) is 5.91 Å². The van der Waals surface area contributed by atoms with Crippen LogP contribution in [0.3, 0.4) is 0 Å². The zero-order valence-corrected chi connectivity index (χ0v) is 15.2. The van der Waals surface area contributed by atoms with Crippen molar-refractivity contribution in [2.24, 2.45) is 0 Å². The maximum atomic E-state index is 11.9. The van der Waals surface area contributed by atoms with E-state index in [4.69, 9.17) is 11.6 Å². The van der Waals surface area contributed by atoms with E-state index in [0.29, 0.717) is 22.9 Å². The predicted molar refractivity (Wildman–Crippen MR) is 98.5 cm³/mol. The molecule has 0 saturated carbocycles. The van der Waals surface area contributed by atoms with E-state index in [1.165, 1.54) is 16.7 Å². The van der Waals surface area contributed by atoms with Gasteiger partial charge in [-0.1, -0.05) is 35.9 Å². The Bertz CT molecular complexity index is 717. The summed E-state index contributed by atoms with van der Waals surface area (Å²) in [5.41, 5.74) is 1.57. The molecule has 2 aromatic carbocycles. The molecule has 2 rings (SSSR count). The SMILES string of the molecule is CN(C)C(=O)c1ccc(CNC(=O)CSc2ccccc2Cl)cc1. The Morgan fingerprint density at radius 2 is 1.75 bits per heavy atom. The van der Waals surface area contributed by atoms with Crippen LogP contribution in [0.2, 0.25) is 5.02 Å². The smallest absolute Gasteiger partial charge is 0.253 e. The summed E-state index contributed by atoms with van der Waals surface area (Å²) in [4.78, 5) is 26.2. The van der Waals surface area contributed by atoms with Crippen LogP contribution in [0.5, 0.6) is 0 Å². The molecule has 126 valence electrons. The normalized spacial score (nSPS) is 10.3. The first kappa shape index (κ1) is 18.4. The molecular weight excluding hydrogens is 344 g/mol. The summed E-state index contributed by atoms with van der Waals surface area (Å²) in [7, 11) is 3.43. The van der Waals surface area contributed by atoms with Crippen molar-refractivity contribution in [3.05, 3.63) is 64.7 Å². The Hall–Kier alpha value is -1.98. The molecule has 0 heterocycles. The summed E-state index contributed by atoms with van der Waals surface area (Å²) in [6, 6.07) is 14.7. The van der Waals surface area contributed by atoms with Gasteiger partial charge in [0.25, 0.3) is 5.91 Å². The number of nitrogens with one attached hydrogen (secondary N) is 1. The second-order valence-corrected chi connectivity index (χ2v) is 6.82. The Kier molecular flexibility index (Phi) is 6.70. The second-order valence-electron chi connectivity index (χ2n) is 5.39. The highest BCUT2D eigenvalue weighted by Crippen LogP contribution is 2.26. The van der Waals surface area contributed by atoms with Gasteiger partial charge < -0.3 is 10.2 Å². The van der Waals surface area contributed by atoms with Crippen molar-refractivity contribution in [1.82, 2.24) is 10.2 Å². The van der Waals surface area contributed by atoms with Gasteiger partial charge in [-0.25, -0.2) is 0 Å². The van der Waals surface area contributed by atoms with E-state index < -0.39 is 0 Å². The standard InChI is InChI=1S/C18H19ClN2O2S/c1-21(2)18(23)14-9-7-13(8-10-14)11-20-17(22)12-24-16-6-4-3-5-15(16)19/h3-10H,11-12H2,1-2H3,(H,20,22). The van der Waals surface area contributed by atoms with E-state index in [0.717, 1.165) is 10.5 Å². The first-order valence-electron chi connectivity index (χ1n) is 7.42. The molecule has 0 saturated heterocycles. The molecule has 0 unspecified atom stereocenters.